The lowest BCUT2D eigenvalue weighted by Crippen LogP contribution is -2.14. The molecule has 0 bridgehead atoms. The zero-order chi connectivity index (χ0) is 20.9. The number of carbonyl (C=O) groups is 1. The molecule has 2 heterocycles. The Labute approximate surface area is 191 Å². The third kappa shape index (κ3) is 5.51. The van der Waals surface area contributed by atoms with E-state index in [1.54, 1.807) is 23.1 Å². The van der Waals surface area contributed by atoms with Crippen molar-refractivity contribution in [2.24, 2.45) is 0 Å². The predicted octanol–water partition coefficient (Wildman–Crippen LogP) is 6.28. The van der Waals surface area contributed by atoms with Crippen LogP contribution in [0.15, 0.2) is 52.2 Å². The smallest absolute Gasteiger partial charge is 0.232 e. The fraction of sp³-hybridized carbons (Fsp3) is 0.190. The SMILES string of the molecule is CCOc1ccc2nc(NC(=O)Cc3csc(SCc4ccc(Cl)cc4)n3)sc2c1. The van der Waals surface area contributed by atoms with Crippen LogP contribution >= 0.6 is 46.0 Å². The topological polar surface area (TPSA) is 64.1 Å². The quantitative estimate of drug-likeness (QED) is 0.304. The number of ether oxygens (including phenoxy) is 1. The van der Waals surface area contributed by atoms with Crippen molar-refractivity contribution in [2.75, 3.05) is 11.9 Å². The number of hydrogen-bond donors (Lipinski definition) is 1. The van der Waals surface area contributed by atoms with E-state index in [1.165, 1.54) is 16.9 Å². The molecule has 5 nitrogen and oxygen atoms in total. The minimum atomic E-state index is -0.126. The zero-order valence-corrected chi connectivity index (χ0v) is 19.3. The number of thiazole rings is 2. The Morgan fingerprint density at radius 3 is 2.83 bits per heavy atom. The second-order valence-electron chi connectivity index (χ2n) is 6.33. The standard InChI is InChI=1S/C21H18ClN3O2S3/c1-2-27-16-7-8-17-18(10-16)30-20(24-17)25-19(26)9-15-12-29-21(23-15)28-11-13-3-5-14(22)6-4-13/h3-8,10,12H,2,9,11H2,1H3,(H,24,25,26). The highest BCUT2D eigenvalue weighted by Gasteiger charge is 2.12. The Kier molecular flexibility index (Phi) is 6.89. The maximum Gasteiger partial charge on any atom is 0.232 e. The number of anilines is 1. The van der Waals surface area contributed by atoms with Crippen molar-refractivity contribution in [3.63, 3.8) is 0 Å². The number of aromatic nitrogens is 2. The number of nitrogens with one attached hydrogen (secondary N) is 1. The minimum absolute atomic E-state index is 0.126. The van der Waals surface area contributed by atoms with E-state index in [0.29, 0.717) is 11.7 Å². The third-order valence-corrected chi connectivity index (χ3v) is 7.39. The molecule has 0 saturated heterocycles. The molecule has 30 heavy (non-hydrogen) atoms. The molecule has 154 valence electrons. The molecule has 1 amide bonds. The summed E-state index contributed by atoms with van der Waals surface area (Å²) in [5.41, 5.74) is 2.78. The van der Waals surface area contributed by atoms with Crippen LogP contribution in [-0.2, 0) is 17.0 Å². The fourth-order valence-electron chi connectivity index (χ4n) is 2.70. The number of rotatable bonds is 8. The first-order valence-electron chi connectivity index (χ1n) is 9.24. The predicted molar refractivity (Wildman–Crippen MR) is 126 cm³/mol. The van der Waals surface area contributed by atoms with Crippen molar-refractivity contribution < 1.29 is 9.53 Å². The van der Waals surface area contributed by atoms with Gasteiger partial charge in [0.05, 0.1) is 28.9 Å². The number of carbonyl (C=O) groups excluding carboxylic acids is 1. The number of nitrogens with zero attached hydrogens (tertiary/aromatic N) is 2. The highest BCUT2D eigenvalue weighted by atomic mass is 35.5. The number of hydrogen-bond acceptors (Lipinski definition) is 7. The molecule has 0 saturated carbocycles. The van der Waals surface area contributed by atoms with Crippen molar-refractivity contribution in [3.8, 4) is 5.75 Å². The van der Waals surface area contributed by atoms with E-state index in [-0.39, 0.29) is 12.3 Å². The molecule has 0 radical (unpaired) electrons. The Morgan fingerprint density at radius 2 is 2.03 bits per heavy atom. The van der Waals surface area contributed by atoms with E-state index < -0.39 is 0 Å². The van der Waals surface area contributed by atoms with Gasteiger partial charge in [-0.05, 0) is 42.8 Å². The van der Waals surface area contributed by atoms with E-state index in [1.807, 2.05) is 54.8 Å². The van der Waals surface area contributed by atoms with Gasteiger partial charge in [-0.1, -0.05) is 46.8 Å². The van der Waals surface area contributed by atoms with Crippen LogP contribution in [0.3, 0.4) is 0 Å². The van der Waals surface area contributed by atoms with Gasteiger partial charge >= 0.3 is 0 Å². The highest BCUT2D eigenvalue weighted by Crippen LogP contribution is 2.30. The van der Waals surface area contributed by atoms with E-state index in [0.717, 1.165) is 36.8 Å². The van der Waals surface area contributed by atoms with Gasteiger partial charge in [0.25, 0.3) is 0 Å². The molecule has 0 atom stereocenters. The molecule has 0 aliphatic heterocycles. The summed E-state index contributed by atoms with van der Waals surface area (Å²) in [5, 5.41) is 6.11. The minimum Gasteiger partial charge on any atom is -0.494 e. The summed E-state index contributed by atoms with van der Waals surface area (Å²) >= 11 is 10.5. The second-order valence-corrected chi connectivity index (χ2v) is 9.87. The molecule has 1 N–H and O–H groups in total. The second kappa shape index (κ2) is 9.78. The van der Waals surface area contributed by atoms with E-state index in [4.69, 9.17) is 16.3 Å². The molecule has 0 spiro atoms. The largest absolute Gasteiger partial charge is 0.494 e. The van der Waals surface area contributed by atoms with Gasteiger partial charge < -0.3 is 10.1 Å². The summed E-state index contributed by atoms with van der Waals surface area (Å²) < 4.78 is 7.43. The Balaban J connectivity index is 1.33. The molecule has 0 unspecified atom stereocenters. The molecular weight excluding hydrogens is 458 g/mol. The maximum absolute atomic E-state index is 12.4. The first-order valence-corrected chi connectivity index (χ1v) is 12.3. The molecule has 0 aliphatic carbocycles. The van der Waals surface area contributed by atoms with Crippen LogP contribution < -0.4 is 10.1 Å². The van der Waals surface area contributed by atoms with Crippen molar-refractivity contribution in [2.45, 2.75) is 23.4 Å². The number of halogens is 1. The number of thioether (sulfide) groups is 1. The van der Waals surface area contributed by atoms with E-state index in [9.17, 15) is 4.79 Å². The Bertz CT molecular complexity index is 1160. The molecule has 4 rings (SSSR count). The van der Waals surface area contributed by atoms with Crippen molar-refractivity contribution in [3.05, 3.63) is 64.1 Å². The maximum atomic E-state index is 12.4. The molecule has 0 fully saturated rings. The summed E-state index contributed by atoms with van der Waals surface area (Å²) in [4.78, 5) is 21.5. The summed E-state index contributed by atoms with van der Waals surface area (Å²) in [5.74, 6) is 1.49. The van der Waals surface area contributed by atoms with Gasteiger partial charge in [-0.25, -0.2) is 9.97 Å². The molecule has 2 aromatic carbocycles. The van der Waals surface area contributed by atoms with E-state index in [2.05, 4.69) is 15.3 Å². The van der Waals surface area contributed by atoms with E-state index >= 15 is 0 Å². The fourth-order valence-corrected chi connectivity index (χ4v) is 5.54. The average molecular weight is 476 g/mol. The summed E-state index contributed by atoms with van der Waals surface area (Å²) in [6, 6.07) is 13.5. The zero-order valence-electron chi connectivity index (χ0n) is 16.1. The van der Waals surface area contributed by atoms with Crippen LogP contribution in [0.5, 0.6) is 5.75 Å². The van der Waals surface area contributed by atoms with Crippen LogP contribution in [0, 0.1) is 0 Å². The van der Waals surface area contributed by atoms with Crippen LogP contribution in [0.4, 0.5) is 5.13 Å². The molecule has 2 aromatic heterocycles. The first-order chi connectivity index (χ1) is 14.6. The van der Waals surface area contributed by atoms with Crippen molar-refractivity contribution in [1.29, 1.82) is 0 Å². The summed E-state index contributed by atoms with van der Waals surface area (Å²) in [7, 11) is 0. The highest BCUT2D eigenvalue weighted by molar-refractivity contribution is 8.00. The molecular formula is C21H18ClN3O2S3. The van der Waals surface area contributed by atoms with Gasteiger partial charge in [0.15, 0.2) is 5.13 Å². The normalized spacial score (nSPS) is 11.0. The third-order valence-electron chi connectivity index (χ3n) is 4.07. The number of fused-ring (bicyclic) bond motifs is 1. The van der Waals surface area contributed by atoms with Crippen molar-refractivity contribution >= 4 is 67.3 Å². The van der Waals surface area contributed by atoms with Gasteiger partial charge in [-0.15, -0.1) is 11.3 Å². The molecule has 4 aromatic rings. The van der Waals surface area contributed by atoms with Gasteiger partial charge in [-0.2, -0.15) is 0 Å². The first kappa shape index (κ1) is 21.1. The lowest BCUT2D eigenvalue weighted by Gasteiger charge is -2.00. The Hall–Kier alpha value is -2.13. The van der Waals surface area contributed by atoms with Crippen molar-refractivity contribution in [1.82, 2.24) is 9.97 Å². The van der Waals surface area contributed by atoms with Crippen LogP contribution in [0.2, 0.25) is 5.02 Å². The summed E-state index contributed by atoms with van der Waals surface area (Å²) in [6.07, 6.45) is 0.220. The van der Waals surface area contributed by atoms with Gasteiger partial charge in [0, 0.05) is 16.2 Å². The monoisotopic (exact) mass is 475 g/mol. The number of amides is 1. The molecule has 9 heteroatoms. The van der Waals surface area contributed by atoms with Gasteiger partial charge in [-0.3, -0.25) is 4.79 Å². The van der Waals surface area contributed by atoms with Gasteiger partial charge in [0.2, 0.25) is 5.91 Å². The lowest BCUT2D eigenvalue weighted by molar-refractivity contribution is -0.115. The van der Waals surface area contributed by atoms with Crippen LogP contribution in [0.25, 0.3) is 10.2 Å². The lowest BCUT2D eigenvalue weighted by atomic mass is 10.2. The van der Waals surface area contributed by atoms with Gasteiger partial charge in [0.1, 0.15) is 10.1 Å². The van der Waals surface area contributed by atoms with Crippen LogP contribution in [0.1, 0.15) is 18.2 Å². The Morgan fingerprint density at radius 1 is 1.20 bits per heavy atom. The summed E-state index contributed by atoms with van der Waals surface area (Å²) in [6.45, 7) is 2.56. The number of benzene rings is 2. The molecule has 0 aliphatic rings. The average Bonchev–Trinajstić information content (AvgIpc) is 3.33. The van der Waals surface area contributed by atoms with Crippen LogP contribution in [-0.4, -0.2) is 22.5 Å².